The van der Waals surface area contributed by atoms with E-state index in [1.54, 1.807) is 0 Å². The highest BCUT2D eigenvalue weighted by Crippen LogP contribution is 2.43. The van der Waals surface area contributed by atoms with E-state index in [0.717, 1.165) is 24.0 Å². The van der Waals surface area contributed by atoms with E-state index in [-0.39, 0.29) is 29.6 Å². The van der Waals surface area contributed by atoms with Crippen LogP contribution in [0, 0.1) is 5.92 Å². The van der Waals surface area contributed by atoms with E-state index in [2.05, 4.69) is 24.4 Å². The van der Waals surface area contributed by atoms with Crippen molar-refractivity contribution in [2.75, 3.05) is 0 Å². The number of ether oxygens (including phenoxy) is 1. The van der Waals surface area contributed by atoms with E-state index in [0.29, 0.717) is 5.02 Å². The Kier molecular flexibility index (Phi) is 5.69. The van der Waals surface area contributed by atoms with Gasteiger partial charge in [0.1, 0.15) is 0 Å². The molecule has 3 nitrogen and oxygen atoms in total. The zero-order valence-corrected chi connectivity index (χ0v) is 16.3. The number of hydrogen-bond donors (Lipinski definition) is 1. The molecule has 0 bridgehead atoms. The minimum Gasteiger partial charge on any atom is -0.365 e. The molecule has 0 spiro atoms. The summed E-state index contributed by atoms with van der Waals surface area (Å²) in [6.45, 7) is 5.96. The van der Waals surface area contributed by atoms with Gasteiger partial charge in [0.2, 0.25) is 5.91 Å². The molecule has 1 aliphatic heterocycles. The van der Waals surface area contributed by atoms with Gasteiger partial charge in [0, 0.05) is 29.3 Å². The Hall–Kier alpha value is -1.84. The molecular formula is C22H26ClNO2. The fourth-order valence-electron chi connectivity index (χ4n) is 3.48. The van der Waals surface area contributed by atoms with Crippen LogP contribution in [-0.2, 0) is 9.53 Å². The molecule has 3 atom stereocenters. The lowest BCUT2D eigenvalue weighted by molar-refractivity contribution is -0.131. The van der Waals surface area contributed by atoms with E-state index in [9.17, 15) is 4.79 Å². The molecule has 3 rings (SSSR count). The lowest BCUT2D eigenvalue weighted by Crippen LogP contribution is -2.52. The topological polar surface area (TPSA) is 38.3 Å². The van der Waals surface area contributed by atoms with Crippen LogP contribution in [0.1, 0.15) is 56.9 Å². The second-order valence-electron chi connectivity index (χ2n) is 7.69. The molecular weight excluding hydrogens is 346 g/mol. The van der Waals surface area contributed by atoms with Gasteiger partial charge in [0.05, 0.1) is 12.2 Å². The van der Waals surface area contributed by atoms with Crippen molar-refractivity contribution >= 4 is 17.5 Å². The third-order valence-electron chi connectivity index (χ3n) is 4.96. The van der Waals surface area contributed by atoms with Crippen LogP contribution in [0.2, 0.25) is 5.02 Å². The molecule has 1 N–H and O–H groups in total. The van der Waals surface area contributed by atoms with Gasteiger partial charge in [-0.15, -0.1) is 0 Å². The van der Waals surface area contributed by atoms with Crippen molar-refractivity contribution in [3.8, 4) is 0 Å². The minimum absolute atomic E-state index is 0.0428. The summed E-state index contributed by atoms with van der Waals surface area (Å²) in [6.07, 6.45) is 1.32. The Morgan fingerprint density at radius 2 is 1.58 bits per heavy atom. The van der Waals surface area contributed by atoms with Crippen molar-refractivity contribution in [1.29, 1.82) is 0 Å². The molecule has 26 heavy (non-hydrogen) atoms. The normalized spacial score (nSPS) is 25.9. The lowest BCUT2D eigenvalue weighted by atomic mass is 9.81. The lowest BCUT2D eigenvalue weighted by Gasteiger charge is -2.43. The monoisotopic (exact) mass is 371 g/mol. The van der Waals surface area contributed by atoms with Gasteiger partial charge in [-0.2, -0.15) is 0 Å². The van der Waals surface area contributed by atoms with Crippen LogP contribution in [0.3, 0.4) is 0 Å². The number of amides is 1. The van der Waals surface area contributed by atoms with E-state index < -0.39 is 0 Å². The summed E-state index contributed by atoms with van der Waals surface area (Å²) in [5.74, 6) is 0.0369. The molecule has 1 saturated heterocycles. The first kappa shape index (κ1) is 18.9. The first-order chi connectivity index (χ1) is 12.4. The fourth-order valence-corrected chi connectivity index (χ4v) is 3.60. The molecule has 1 heterocycles. The Bertz CT molecular complexity index is 744. The molecule has 0 aliphatic carbocycles. The zero-order valence-electron chi connectivity index (χ0n) is 15.5. The van der Waals surface area contributed by atoms with Crippen LogP contribution < -0.4 is 5.32 Å². The largest absolute Gasteiger partial charge is 0.365 e. The van der Waals surface area contributed by atoms with E-state index in [4.69, 9.17) is 16.3 Å². The average Bonchev–Trinajstić information content (AvgIpc) is 2.62. The van der Waals surface area contributed by atoms with Crippen molar-refractivity contribution in [1.82, 2.24) is 5.32 Å². The van der Waals surface area contributed by atoms with Crippen molar-refractivity contribution in [3.63, 3.8) is 0 Å². The number of benzene rings is 2. The van der Waals surface area contributed by atoms with E-state index in [1.165, 1.54) is 0 Å². The average molecular weight is 372 g/mol. The Balaban J connectivity index is 1.90. The number of carbonyl (C=O) groups is 1. The maximum atomic E-state index is 12.4. The summed E-state index contributed by atoms with van der Waals surface area (Å²) in [5.41, 5.74) is 1.89. The second-order valence-corrected chi connectivity index (χ2v) is 8.12. The molecule has 138 valence electrons. The van der Waals surface area contributed by atoms with Gasteiger partial charge in [-0.1, -0.05) is 67.9 Å². The number of rotatable bonds is 4. The van der Waals surface area contributed by atoms with Crippen LogP contribution in [0.25, 0.3) is 0 Å². The summed E-state index contributed by atoms with van der Waals surface area (Å²) in [7, 11) is 0. The second kappa shape index (κ2) is 7.81. The summed E-state index contributed by atoms with van der Waals surface area (Å²) in [5, 5.41) is 3.97. The van der Waals surface area contributed by atoms with Gasteiger partial charge in [0.25, 0.3) is 0 Å². The smallest absolute Gasteiger partial charge is 0.222 e. The van der Waals surface area contributed by atoms with Gasteiger partial charge < -0.3 is 10.1 Å². The first-order valence-corrected chi connectivity index (χ1v) is 9.52. The molecule has 1 amide bonds. The first-order valence-electron chi connectivity index (χ1n) is 9.14. The van der Waals surface area contributed by atoms with Crippen molar-refractivity contribution in [2.45, 2.75) is 51.4 Å². The third-order valence-corrected chi connectivity index (χ3v) is 5.21. The summed E-state index contributed by atoms with van der Waals surface area (Å²) in [6, 6.07) is 18.0. The molecule has 2 aromatic rings. The van der Waals surface area contributed by atoms with Crippen molar-refractivity contribution in [2.24, 2.45) is 5.92 Å². The van der Waals surface area contributed by atoms with Gasteiger partial charge in [-0.05, 0) is 30.2 Å². The number of halogens is 1. The quantitative estimate of drug-likeness (QED) is 0.774. The predicted octanol–water partition coefficient (Wildman–Crippen LogP) is 5.46. The SMILES string of the molecule is CC(C)C(=O)N[C@@]1(C)C[C@@H](c2ccc(Cl)cc2)O[C@@H](c2ccccc2)C1. The van der Waals surface area contributed by atoms with Crippen LogP contribution in [0.4, 0.5) is 0 Å². The van der Waals surface area contributed by atoms with Crippen molar-refractivity contribution < 1.29 is 9.53 Å². The molecule has 4 heteroatoms. The van der Waals surface area contributed by atoms with Gasteiger partial charge in [0.15, 0.2) is 0 Å². The molecule has 1 fully saturated rings. The Labute approximate surface area is 160 Å². The van der Waals surface area contributed by atoms with Crippen molar-refractivity contribution in [3.05, 3.63) is 70.7 Å². The summed E-state index contributed by atoms with van der Waals surface area (Å²) < 4.78 is 6.44. The molecule has 0 aromatic heterocycles. The fraction of sp³-hybridized carbons (Fsp3) is 0.409. The van der Waals surface area contributed by atoms with Crippen LogP contribution in [-0.4, -0.2) is 11.4 Å². The Morgan fingerprint density at radius 3 is 2.12 bits per heavy atom. The highest BCUT2D eigenvalue weighted by atomic mass is 35.5. The molecule has 1 aliphatic rings. The molecule has 0 saturated carbocycles. The van der Waals surface area contributed by atoms with Crippen LogP contribution in [0.15, 0.2) is 54.6 Å². The highest BCUT2D eigenvalue weighted by Gasteiger charge is 2.40. The van der Waals surface area contributed by atoms with E-state index in [1.807, 2.05) is 56.3 Å². The highest BCUT2D eigenvalue weighted by molar-refractivity contribution is 6.30. The maximum Gasteiger partial charge on any atom is 0.222 e. The summed E-state index contributed by atoms with van der Waals surface area (Å²) in [4.78, 5) is 12.4. The van der Waals surface area contributed by atoms with Crippen LogP contribution in [0.5, 0.6) is 0 Å². The Morgan fingerprint density at radius 1 is 1.04 bits per heavy atom. The molecule has 2 aromatic carbocycles. The zero-order chi connectivity index (χ0) is 18.7. The molecule has 0 unspecified atom stereocenters. The van der Waals surface area contributed by atoms with Gasteiger partial charge in [-0.3, -0.25) is 4.79 Å². The standard InChI is InChI=1S/C22H26ClNO2/c1-15(2)21(25)24-22(3)13-19(16-7-5-4-6-8-16)26-20(14-22)17-9-11-18(23)12-10-17/h4-12,15,19-20H,13-14H2,1-3H3,(H,24,25)/t19-,20+,22-/m1/s1. The van der Waals surface area contributed by atoms with Gasteiger partial charge in [-0.25, -0.2) is 0 Å². The van der Waals surface area contributed by atoms with Crippen LogP contribution >= 0.6 is 11.6 Å². The number of hydrogen-bond acceptors (Lipinski definition) is 2. The maximum absolute atomic E-state index is 12.4. The number of nitrogens with one attached hydrogen (secondary N) is 1. The number of carbonyl (C=O) groups excluding carboxylic acids is 1. The van der Waals surface area contributed by atoms with Gasteiger partial charge >= 0.3 is 0 Å². The van der Waals surface area contributed by atoms with E-state index >= 15 is 0 Å². The third kappa shape index (κ3) is 4.46. The predicted molar refractivity (Wildman–Crippen MR) is 105 cm³/mol. The molecule has 0 radical (unpaired) electrons. The minimum atomic E-state index is -0.329. The summed E-state index contributed by atoms with van der Waals surface area (Å²) >= 11 is 6.04.